The van der Waals surface area contributed by atoms with Crippen LogP contribution in [0.15, 0.2) is 30.3 Å². The molecule has 0 aliphatic heterocycles. The van der Waals surface area contributed by atoms with Crippen molar-refractivity contribution >= 4 is 15.9 Å². The molecule has 1 aromatic carbocycles. The van der Waals surface area contributed by atoms with Crippen LogP contribution in [0.2, 0.25) is 0 Å². The molecule has 6 nitrogen and oxygen atoms in total. The number of amides is 1. The molecule has 0 aromatic heterocycles. The molecule has 0 fully saturated rings. The summed E-state index contributed by atoms with van der Waals surface area (Å²) in [5, 5.41) is 2.87. The summed E-state index contributed by atoms with van der Waals surface area (Å²) >= 11 is 0. The lowest BCUT2D eigenvalue weighted by Crippen LogP contribution is -2.47. The Bertz CT molecular complexity index is 601. The van der Waals surface area contributed by atoms with Crippen LogP contribution in [-0.2, 0) is 21.2 Å². The van der Waals surface area contributed by atoms with E-state index < -0.39 is 10.0 Å². The van der Waals surface area contributed by atoms with Gasteiger partial charge in [0.25, 0.3) is 0 Å². The molecular weight excluding hydrogens is 326 g/mol. The smallest absolute Gasteiger partial charge is 0.235 e. The molecular formula is C17H29N3O3S. The Kier molecular flexibility index (Phi) is 8.38. The fraction of sp³-hybridized carbons (Fsp3) is 0.588. The van der Waals surface area contributed by atoms with Crippen molar-refractivity contribution in [3.05, 3.63) is 35.9 Å². The molecule has 1 atom stereocenters. The first-order valence-electron chi connectivity index (χ1n) is 8.23. The molecule has 1 amide bonds. The summed E-state index contributed by atoms with van der Waals surface area (Å²) < 4.78 is 23.8. The zero-order valence-electron chi connectivity index (χ0n) is 15.0. The minimum atomic E-state index is -3.35. The van der Waals surface area contributed by atoms with Crippen molar-refractivity contribution in [1.29, 1.82) is 0 Å². The fourth-order valence-corrected chi connectivity index (χ4v) is 2.92. The summed E-state index contributed by atoms with van der Waals surface area (Å²) in [6.45, 7) is 6.32. The van der Waals surface area contributed by atoms with Gasteiger partial charge in [0.15, 0.2) is 0 Å². The van der Waals surface area contributed by atoms with Gasteiger partial charge in [0.1, 0.15) is 0 Å². The van der Waals surface area contributed by atoms with Gasteiger partial charge in [0, 0.05) is 19.6 Å². The first-order valence-corrected chi connectivity index (χ1v) is 10.1. The molecule has 1 aromatic rings. The molecule has 1 unspecified atom stereocenters. The fourth-order valence-electron chi connectivity index (χ4n) is 2.56. The van der Waals surface area contributed by atoms with Crippen molar-refractivity contribution in [3.63, 3.8) is 0 Å². The van der Waals surface area contributed by atoms with E-state index in [1.807, 2.05) is 18.2 Å². The molecule has 0 spiro atoms. The van der Waals surface area contributed by atoms with Crippen LogP contribution in [0.25, 0.3) is 0 Å². The molecule has 136 valence electrons. The van der Waals surface area contributed by atoms with E-state index in [9.17, 15) is 13.2 Å². The zero-order chi connectivity index (χ0) is 18.2. The number of hydrogen-bond donors (Lipinski definition) is 1. The minimum Gasteiger partial charge on any atom is -0.353 e. The second-order valence-electron chi connectivity index (χ2n) is 5.89. The Morgan fingerprint density at radius 3 is 2.25 bits per heavy atom. The van der Waals surface area contributed by atoms with E-state index in [2.05, 4.69) is 36.2 Å². The summed E-state index contributed by atoms with van der Waals surface area (Å²) in [5.41, 5.74) is 1.22. The van der Waals surface area contributed by atoms with Crippen LogP contribution in [0.5, 0.6) is 0 Å². The summed E-state index contributed by atoms with van der Waals surface area (Å²) in [6.07, 6.45) is 1.93. The van der Waals surface area contributed by atoms with E-state index in [4.69, 9.17) is 0 Å². The molecule has 1 N–H and O–H groups in total. The Hall–Kier alpha value is -1.44. The monoisotopic (exact) mass is 355 g/mol. The molecule has 0 aliphatic carbocycles. The van der Waals surface area contributed by atoms with Crippen LogP contribution in [0.4, 0.5) is 0 Å². The molecule has 0 saturated heterocycles. The van der Waals surface area contributed by atoms with Gasteiger partial charge in [-0.1, -0.05) is 44.2 Å². The number of nitrogens with zero attached hydrogens (tertiary/aromatic N) is 2. The molecule has 0 radical (unpaired) electrons. The van der Waals surface area contributed by atoms with E-state index >= 15 is 0 Å². The van der Waals surface area contributed by atoms with Crippen LogP contribution < -0.4 is 5.32 Å². The van der Waals surface area contributed by atoms with Crippen LogP contribution in [0, 0.1) is 0 Å². The average molecular weight is 356 g/mol. The third-order valence-electron chi connectivity index (χ3n) is 4.11. The van der Waals surface area contributed by atoms with Gasteiger partial charge in [-0.2, -0.15) is 4.31 Å². The molecule has 0 saturated carbocycles. The largest absolute Gasteiger partial charge is 0.353 e. The lowest BCUT2D eigenvalue weighted by atomic mass is 10.0. The Labute approximate surface area is 145 Å². The van der Waals surface area contributed by atoms with Gasteiger partial charge in [-0.15, -0.1) is 0 Å². The van der Waals surface area contributed by atoms with Gasteiger partial charge in [-0.25, -0.2) is 8.42 Å². The quantitative estimate of drug-likeness (QED) is 0.678. The van der Waals surface area contributed by atoms with Crippen molar-refractivity contribution in [2.75, 3.05) is 39.5 Å². The lowest BCUT2D eigenvalue weighted by molar-refractivity contribution is -0.121. The molecule has 24 heavy (non-hydrogen) atoms. The van der Waals surface area contributed by atoms with Crippen molar-refractivity contribution in [1.82, 2.24) is 14.5 Å². The summed E-state index contributed by atoms with van der Waals surface area (Å²) in [7, 11) is -1.95. The molecule has 7 heteroatoms. The van der Waals surface area contributed by atoms with E-state index in [1.54, 1.807) is 0 Å². The third kappa shape index (κ3) is 6.98. The number of benzene rings is 1. The number of sulfonamides is 1. The van der Waals surface area contributed by atoms with Crippen molar-refractivity contribution in [2.24, 2.45) is 0 Å². The van der Waals surface area contributed by atoms with Crippen molar-refractivity contribution in [2.45, 2.75) is 26.3 Å². The van der Waals surface area contributed by atoms with Crippen LogP contribution >= 0.6 is 0 Å². The van der Waals surface area contributed by atoms with E-state index in [1.165, 1.54) is 12.6 Å². The first kappa shape index (κ1) is 20.6. The highest BCUT2D eigenvalue weighted by molar-refractivity contribution is 7.88. The number of carbonyl (C=O) groups is 1. The second-order valence-corrected chi connectivity index (χ2v) is 7.98. The van der Waals surface area contributed by atoms with E-state index in [0.29, 0.717) is 6.54 Å². The van der Waals surface area contributed by atoms with E-state index in [0.717, 1.165) is 30.1 Å². The number of hydrogen-bond acceptors (Lipinski definition) is 4. The summed E-state index contributed by atoms with van der Waals surface area (Å²) in [5.74, 6) is -0.284. The van der Waals surface area contributed by atoms with Crippen LogP contribution in [0.3, 0.4) is 0 Å². The van der Waals surface area contributed by atoms with Crippen LogP contribution in [-0.4, -0.2) is 69.1 Å². The van der Waals surface area contributed by atoms with Gasteiger partial charge in [0.2, 0.25) is 15.9 Å². The average Bonchev–Trinajstić information content (AvgIpc) is 2.53. The first-order chi connectivity index (χ1) is 11.3. The highest BCUT2D eigenvalue weighted by Gasteiger charge is 2.19. The van der Waals surface area contributed by atoms with Crippen molar-refractivity contribution in [3.8, 4) is 0 Å². The topological polar surface area (TPSA) is 69.7 Å². The molecule has 1 rings (SSSR count). The maximum absolute atomic E-state index is 12.0. The Balaban J connectivity index is 2.66. The van der Waals surface area contributed by atoms with Crippen molar-refractivity contribution < 1.29 is 13.2 Å². The summed E-state index contributed by atoms with van der Waals surface area (Å²) in [6, 6.07) is 10.3. The highest BCUT2D eigenvalue weighted by atomic mass is 32.2. The number of nitrogens with one attached hydrogen (secondary N) is 1. The van der Waals surface area contributed by atoms with Gasteiger partial charge < -0.3 is 5.32 Å². The van der Waals surface area contributed by atoms with Gasteiger partial charge in [-0.3, -0.25) is 9.69 Å². The highest BCUT2D eigenvalue weighted by Crippen LogP contribution is 2.08. The lowest BCUT2D eigenvalue weighted by Gasteiger charge is -2.30. The second kappa shape index (κ2) is 9.76. The SMILES string of the molecule is CCN(CC)C(CNC(=O)CN(C)S(C)(=O)=O)Cc1ccccc1. The standard InChI is InChI=1S/C17H29N3O3S/c1-5-20(6-2)16(12-15-10-8-7-9-11-15)13-18-17(21)14-19(3)24(4,22)23/h7-11,16H,5-6,12-14H2,1-4H3,(H,18,21). The number of likely N-dealkylation sites (N-methyl/N-ethyl adjacent to an activating group) is 2. The maximum atomic E-state index is 12.0. The predicted molar refractivity (Wildman–Crippen MR) is 97.3 cm³/mol. The Morgan fingerprint density at radius 2 is 1.75 bits per heavy atom. The number of carbonyl (C=O) groups excluding carboxylic acids is 1. The van der Waals surface area contributed by atoms with Gasteiger partial charge >= 0.3 is 0 Å². The Morgan fingerprint density at radius 1 is 1.17 bits per heavy atom. The third-order valence-corrected chi connectivity index (χ3v) is 5.37. The van der Waals surface area contributed by atoms with E-state index in [-0.39, 0.29) is 18.5 Å². The maximum Gasteiger partial charge on any atom is 0.235 e. The van der Waals surface area contributed by atoms with Crippen LogP contribution in [0.1, 0.15) is 19.4 Å². The minimum absolute atomic E-state index is 0.158. The summed E-state index contributed by atoms with van der Waals surface area (Å²) in [4.78, 5) is 14.3. The predicted octanol–water partition coefficient (Wildman–Crippen LogP) is 0.947. The van der Waals surface area contributed by atoms with Gasteiger partial charge in [-0.05, 0) is 25.1 Å². The molecule has 0 aliphatic rings. The molecule has 0 heterocycles. The number of rotatable bonds is 10. The van der Waals surface area contributed by atoms with Gasteiger partial charge in [0.05, 0.1) is 12.8 Å². The zero-order valence-corrected chi connectivity index (χ0v) is 15.8. The molecule has 0 bridgehead atoms. The normalized spacial score (nSPS) is 13.2.